The van der Waals surface area contributed by atoms with Crippen LogP contribution in [0.1, 0.15) is 101 Å². The zero-order valence-electron chi connectivity index (χ0n) is 25.2. The van der Waals surface area contributed by atoms with Gasteiger partial charge in [0, 0.05) is 32.6 Å². The molecule has 0 spiro atoms. The molecular weight excluding hydrogens is 488 g/mol. The van der Waals surface area contributed by atoms with E-state index >= 15 is 0 Å². The van der Waals surface area contributed by atoms with Crippen LogP contribution in [0.4, 0.5) is 0 Å². The van der Waals surface area contributed by atoms with Gasteiger partial charge in [-0.15, -0.1) is 0 Å². The lowest BCUT2D eigenvalue weighted by molar-refractivity contribution is -0.137. The summed E-state index contributed by atoms with van der Waals surface area (Å²) in [6.07, 6.45) is 2.77. The van der Waals surface area contributed by atoms with Crippen LogP contribution in [0, 0.1) is 0 Å². The zero-order valence-corrected chi connectivity index (χ0v) is 27.2. The lowest BCUT2D eigenvalue weighted by atomic mass is 10.2. The van der Waals surface area contributed by atoms with E-state index in [-0.39, 0.29) is 18.7 Å². The van der Waals surface area contributed by atoms with E-state index in [1.165, 1.54) is 6.04 Å². The Morgan fingerprint density at radius 1 is 0.750 bits per heavy atom. The largest absolute Gasteiger partial charge is 0.481 e. The van der Waals surface area contributed by atoms with Gasteiger partial charge in [0.25, 0.3) is 0 Å². The molecule has 7 nitrogen and oxygen atoms in total. The summed E-state index contributed by atoms with van der Waals surface area (Å²) in [5.41, 5.74) is 8.09. The van der Waals surface area contributed by atoms with E-state index in [9.17, 15) is 9.59 Å². The number of hydrogen-bond acceptors (Lipinski definition) is 5. The first-order valence-corrected chi connectivity index (χ1v) is 18.8. The number of aliphatic carboxylic acids is 1. The molecule has 0 heterocycles. The van der Waals surface area contributed by atoms with Crippen molar-refractivity contribution in [3.05, 3.63) is 0 Å². The van der Waals surface area contributed by atoms with Crippen molar-refractivity contribution in [2.45, 2.75) is 136 Å². The summed E-state index contributed by atoms with van der Waals surface area (Å²) >= 11 is 0. The number of carbonyl (C=O) groups is 2. The van der Waals surface area contributed by atoms with Crippen molar-refractivity contribution in [2.24, 2.45) is 5.73 Å². The number of amides is 1. The van der Waals surface area contributed by atoms with Crippen molar-refractivity contribution in [3.8, 4) is 0 Å². The predicted octanol–water partition coefficient (Wildman–Crippen LogP) is 6.69. The molecule has 0 unspecified atom stereocenters. The molecule has 0 saturated heterocycles. The number of carboxylic acids is 1. The van der Waals surface area contributed by atoms with E-state index in [0.29, 0.717) is 35.1 Å². The molecule has 0 aliphatic carbocycles. The van der Waals surface area contributed by atoms with Gasteiger partial charge in [0.15, 0.2) is 16.6 Å². The second-order valence-electron chi connectivity index (χ2n) is 11.0. The van der Waals surface area contributed by atoms with Crippen LogP contribution in [0.15, 0.2) is 0 Å². The van der Waals surface area contributed by atoms with Crippen molar-refractivity contribution in [1.82, 2.24) is 5.32 Å². The third-order valence-electron chi connectivity index (χ3n) is 7.37. The Labute approximate surface area is 224 Å². The maximum absolute atomic E-state index is 11.6. The predicted molar refractivity (Wildman–Crippen MR) is 158 cm³/mol. The molecule has 0 atom stereocenters. The highest BCUT2D eigenvalue weighted by atomic mass is 28.4. The van der Waals surface area contributed by atoms with Crippen LogP contribution in [0.5, 0.6) is 0 Å². The van der Waals surface area contributed by atoms with Crippen molar-refractivity contribution in [3.63, 3.8) is 0 Å². The van der Waals surface area contributed by atoms with Crippen LogP contribution in [0.3, 0.4) is 0 Å². The maximum atomic E-state index is 11.6. The van der Waals surface area contributed by atoms with Crippen molar-refractivity contribution >= 4 is 28.5 Å². The number of carboxylic acid groups (broad SMARTS) is 1. The summed E-state index contributed by atoms with van der Waals surface area (Å²) in [6.45, 7) is 25.4. The molecule has 0 aromatic carbocycles. The average molecular weight is 549 g/mol. The Hall–Kier alpha value is -0.746. The molecular formula is C27H60N2O5Si2. The smallest absolute Gasteiger partial charge is 0.303 e. The summed E-state index contributed by atoms with van der Waals surface area (Å²) in [7, 11) is -3.34. The molecule has 0 fully saturated rings. The lowest BCUT2D eigenvalue weighted by Crippen LogP contribution is -2.45. The van der Waals surface area contributed by atoms with Crippen LogP contribution in [-0.2, 0) is 18.4 Å². The van der Waals surface area contributed by atoms with E-state index < -0.39 is 22.6 Å². The second-order valence-corrected chi connectivity index (χ2v) is 21.0. The first kappa shape index (κ1) is 37.4. The van der Waals surface area contributed by atoms with Crippen molar-refractivity contribution in [2.75, 3.05) is 26.3 Å². The highest BCUT2D eigenvalue weighted by Gasteiger charge is 2.41. The fourth-order valence-corrected chi connectivity index (χ4v) is 14.5. The van der Waals surface area contributed by atoms with Gasteiger partial charge in [-0.3, -0.25) is 9.59 Å². The van der Waals surface area contributed by atoms with Crippen LogP contribution >= 0.6 is 0 Å². The highest BCUT2D eigenvalue weighted by Crippen LogP contribution is 2.38. The highest BCUT2D eigenvalue weighted by molar-refractivity contribution is 6.76. The van der Waals surface area contributed by atoms with E-state index in [0.717, 1.165) is 38.6 Å². The molecule has 0 aliphatic heterocycles. The molecule has 0 aliphatic rings. The molecule has 0 rings (SSSR count). The summed E-state index contributed by atoms with van der Waals surface area (Å²) in [6, 6.07) is 2.26. The Kier molecular flexibility index (Phi) is 21.0. The number of nitrogens with one attached hydrogen (secondary N) is 1. The quantitative estimate of drug-likeness (QED) is 0.122. The molecule has 0 aromatic rings. The summed E-state index contributed by atoms with van der Waals surface area (Å²) in [5.74, 6) is -0.909. The van der Waals surface area contributed by atoms with Gasteiger partial charge >= 0.3 is 5.97 Å². The summed E-state index contributed by atoms with van der Waals surface area (Å²) in [4.78, 5) is 22.0. The van der Waals surface area contributed by atoms with Gasteiger partial charge in [-0.25, -0.2) is 0 Å². The standard InChI is InChI=1S/C16H33NO4Si.C11H27NOSi/c1-6-21-22(13(2)3,14(4)5)12-8-11-17-15(18)9-7-10-16(19)20;1-6-13-14(10(2)3,11(4)5)9-7-8-12/h13-14H,6-12H2,1-5H3,(H,17,18)(H,19,20);10-11H,6-9,12H2,1-5H3. The molecule has 0 saturated carbocycles. The van der Waals surface area contributed by atoms with Crippen LogP contribution in [0.25, 0.3) is 0 Å². The van der Waals surface area contributed by atoms with Gasteiger partial charge in [-0.1, -0.05) is 55.4 Å². The third-order valence-corrected chi connectivity index (χ3v) is 19.1. The molecule has 4 N–H and O–H groups in total. The Bertz CT molecular complexity index is 571. The Morgan fingerprint density at radius 2 is 1.17 bits per heavy atom. The summed E-state index contributed by atoms with van der Waals surface area (Å²) < 4.78 is 12.3. The van der Waals surface area contributed by atoms with Gasteiger partial charge < -0.3 is 25.0 Å². The number of hydrogen-bond donors (Lipinski definition) is 3. The van der Waals surface area contributed by atoms with Crippen molar-refractivity contribution < 1.29 is 23.5 Å². The molecule has 0 bridgehead atoms. The first-order chi connectivity index (χ1) is 16.8. The number of rotatable bonds is 19. The zero-order chi connectivity index (χ0) is 28.4. The number of carbonyl (C=O) groups excluding carboxylic acids is 1. The minimum absolute atomic E-state index is 0.0501. The summed E-state index contributed by atoms with van der Waals surface area (Å²) in [5, 5.41) is 11.4. The van der Waals surface area contributed by atoms with Crippen LogP contribution in [-0.4, -0.2) is 59.9 Å². The fourth-order valence-electron chi connectivity index (χ4n) is 5.30. The SMILES string of the molecule is CCO[Si](CCCN)(C(C)C)C(C)C.CCO[Si](CCCNC(=O)CCCC(=O)O)(C(C)C)C(C)C. The molecule has 0 aromatic heterocycles. The topological polar surface area (TPSA) is 111 Å². The van der Waals surface area contributed by atoms with Gasteiger partial charge in [0.1, 0.15) is 0 Å². The monoisotopic (exact) mass is 548 g/mol. The van der Waals surface area contributed by atoms with E-state index in [1.54, 1.807) is 0 Å². The fraction of sp³-hybridized carbons (Fsp3) is 0.926. The first-order valence-electron chi connectivity index (χ1n) is 14.2. The third kappa shape index (κ3) is 13.7. The maximum Gasteiger partial charge on any atom is 0.303 e. The van der Waals surface area contributed by atoms with Gasteiger partial charge in [-0.05, 0) is 73.9 Å². The molecule has 216 valence electrons. The Balaban J connectivity index is 0. The minimum Gasteiger partial charge on any atom is -0.481 e. The Morgan fingerprint density at radius 3 is 1.50 bits per heavy atom. The normalized spacial score (nSPS) is 12.3. The lowest BCUT2D eigenvalue weighted by Gasteiger charge is -2.38. The second kappa shape index (κ2) is 20.2. The average Bonchev–Trinajstić information content (AvgIpc) is 2.78. The van der Waals surface area contributed by atoms with Gasteiger partial charge in [-0.2, -0.15) is 0 Å². The van der Waals surface area contributed by atoms with Crippen LogP contribution in [0.2, 0.25) is 34.3 Å². The van der Waals surface area contributed by atoms with Crippen molar-refractivity contribution in [1.29, 1.82) is 0 Å². The van der Waals surface area contributed by atoms with Crippen LogP contribution < -0.4 is 11.1 Å². The molecule has 1 amide bonds. The van der Waals surface area contributed by atoms with E-state index in [1.807, 2.05) is 0 Å². The van der Waals surface area contributed by atoms with Gasteiger partial charge in [0.05, 0.1) is 0 Å². The molecule has 9 heteroatoms. The van der Waals surface area contributed by atoms with Gasteiger partial charge in [0.2, 0.25) is 5.91 Å². The van der Waals surface area contributed by atoms with E-state index in [2.05, 4.69) is 74.6 Å². The molecule has 0 radical (unpaired) electrons. The van der Waals surface area contributed by atoms with E-state index in [4.69, 9.17) is 19.7 Å². The minimum atomic E-state index is -1.79. The molecule has 36 heavy (non-hydrogen) atoms. The number of nitrogens with two attached hydrogens (primary N) is 1.